The molecule has 0 saturated heterocycles. The van der Waals surface area contributed by atoms with Crippen LogP contribution in [-0.4, -0.2) is 11.2 Å². The van der Waals surface area contributed by atoms with Crippen molar-refractivity contribution in [1.29, 1.82) is 0 Å². The first-order valence-corrected chi connectivity index (χ1v) is 4.57. The van der Waals surface area contributed by atoms with E-state index in [0.717, 1.165) is 11.3 Å². The van der Waals surface area contributed by atoms with Crippen LogP contribution in [0, 0.1) is 0 Å². The van der Waals surface area contributed by atoms with Crippen LogP contribution in [0.1, 0.15) is 19.4 Å². The van der Waals surface area contributed by atoms with Crippen molar-refractivity contribution in [2.24, 2.45) is 0 Å². The molecule has 1 aromatic carbocycles. The van der Waals surface area contributed by atoms with Crippen LogP contribution < -0.4 is 4.74 Å². The predicted octanol–water partition coefficient (Wildman–Crippen LogP) is 2.62. The van der Waals surface area contributed by atoms with E-state index in [2.05, 4.69) is 0 Å². The van der Waals surface area contributed by atoms with E-state index >= 15 is 0 Å². The van der Waals surface area contributed by atoms with Crippen LogP contribution in [0.25, 0.3) is 0 Å². The van der Waals surface area contributed by atoms with Gasteiger partial charge in [-0.3, -0.25) is 0 Å². The summed E-state index contributed by atoms with van der Waals surface area (Å²) in [6.45, 7) is 3.86. The Bertz CT molecular complexity index is 284. The largest absolute Gasteiger partial charge is 0.491 e. The molecule has 0 bridgehead atoms. The summed E-state index contributed by atoms with van der Waals surface area (Å²) in [6.07, 6.45) is 0.135. The van der Waals surface area contributed by atoms with Crippen molar-refractivity contribution in [3.63, 3.8) is 0 Å². The first kappa shape index (κ1) is 10.4. The lowest BCUT2D eigenvalue weighted by Crippen LogP contribution is -2.05. The average Bonchev–Trinajstić information content (AvgIpc) is 2.03. The molecule has 72 valence electrons. The Balaban J connectivity index is 2.83. The zero-order chi connectivity index (χ0) is 9.84. The maximum Gasteiger partial charge on any atom is 0.121 e. The average molecular weight is 201 g/mol. The highest BCUT2D eigenvalue weighted by atomic mass is 35.5. The van der Waals surface area contributed by atoms with Crippen molar-refractivity contribution in [3.8, 4) is 5.75 Å². The number of hydrogen-bond donors (Lipinski definition) is 1. The third kappa shape index (κ3) is 2.90. The number of aliphatic hydroxyl groups excluding tert-OH is 1. The molecule has 1 rings (SSSR count). The maximum absolute atomic E-state index is 8.87. The van der Waals surface area contributed by atoms with Crippen molar-refractivity contribution < 1.29 is 9.84 Å². The van der Waals surface area contributed by atoms with Crippen molar-refractivity contribution in [1.82, 2.24) is 0 Å². The Labute approximate surface area is 83.1 Å². The van der Waals surface area contributed by atoms with E-state index in [4.69, 9.17) is 21.4 Å². The lowest BCUT2D eigenvalue weighted by Gasteiger charge is -2.10. The fourth-order valence-corrected chi connectivity index (χ4v) is 1.23. The molecular formula is C10H13ClO2. The second kappa shape index (κ2) is 4.49. The minimum Gasteiger partial charge on any atom is -0.491 e. The minimum atomic E-state index is -0.0409. The van der Waals surface area contributed by atoms with E-state index in [0.29, 0.717) is 5.02 Å². The second-order valence-corrected chi connectivity index (χ2v) is 3.49. The van der Waals surface area contributed by atoms with Gasteiger partial charge in [-0.25, -0.2) is 0 Å². The van der Waals surface area contributed by atoms with Gasteiger partial charge < -0.3 is 9.84 Å². The lowest BCUT2D eigenvalue weighted by atomic mass is 10.2. The monoisotopic (exact) mass is 200 g/mol. The van der Waals surface area contributed by atoms with Crippen LogP contribution in [0.5, 0.6) is 5.75 Å². The van der Waals surface area contributed by atoms with E-state index in [9.17, 15) is 0 Å². The first-order valence-electron chi connectivity index (χ1n) is 4.19. The van der Waals surface area contributed by atoms with E-state index < -0.39 is 0 Å². The smallest absolute Gasteiger partial charge is 0.121 e. The summed E-state index contributed by atoms with van der Waals surface area (Å²) in [5.74, 6) is 0.734. The molecule has 0 aromatic heterocycles. The second-order valence-electron chi connectivity index (χ2n) is 3.08. The molecule has 0 amide bonds. The molecule has 0 radical (unpaired) electrons. The Hall–Kier alpha value is -0.730. The molecule has 2 nitrogen and oxygen atoms in total. The SMILES string of the molecule is CC(C)Oc1ccc(CO)c(Cl)c1. The Morgan fingerprint density at radius 1 is 1.46 bits per heavy atom. The number of ether oxygens (including phenoxy) is 1. The van der Waals surface area contributed by atoms with Crippen LogP contribution in [0.2, 0.25) is 5.02 Å². The van der Waals surface area contributed by atoms with Gasteiger partial charge in [-0.15, -0.1) is 0 Å². The molecule has 0 atom stereocenters. The molecule has 0 fully saturated rings. The number of rotatable bonds is 3. The Kier molecular flexibility index (Phi) is 3.58. The minimum absolute atomic E-state index is 0.0409. The van der Waals surface area contributed by atoms with Crippen LogP contribution in [0.4, 0.5) is 0 Å². The number of aliphatic hydroxyl groups is 1. The molecule has 0 aliphatic heterocycles. The first-order chi connectivity index (χ1) is 6.13. The van der Waals surface area contributed by atoms with Crippen LogP contribution in [-0.2, 0) is 6.61 Å². The summed E-state index contributed by atoms with van der Waals surface area (Å²) in [6, 6.07) is 5.28. The molecule has 13 heavy (non-hydrogen) atoms. The summed E-state index contributed by atoms with van der Waals surface area (Å²) in [5.41, 5.74) is 0.720. The zero-order valence-electron chi connectivity index (χ0n) is 7.75. The normalized spacial score (nSPS) is 10.5. The number of halogens is 1. The van der Waals surface area contributed by atoms with Crippen molar-refractivity contribution >= 4 is 11.6 Å². The molecule has 0 aliphatic carbocycles. The van der Waals surface area contributed by atoms with Gasteiger partial charge in [0.25, 0.3) is 0 Å². The number of hydrogen-bond acceptors (Lipinski definition) is 2. The van der Waals surface area contributed by atoms with Gasteiger partial charge in [-0.05, 0) is 31.5 Å². The lowest BCUT2D eigenvalue weighted by molar-refractivity contribution is 0.242. The van der Waals surface area contributed by atoms with Crippen molar-refractivity contribution in [2.45, 2.75) is 26.6 Å². The Morgan fingerprint density at radius 3 is 2.62 bits per heavy atom. The summed E-state index contributed by atoms with van der Waals surface area (Å²) >= 11 is 5.87. The summed E-state index contributed by atoms with van der Waals surface area (Å²) in [4.78, 5) is 0. The molecule has 0 saturated carbocycles. The van der Waals surface area contributed by atoms with Crippen LogP contribution in [0.15, 0.2) is 18.2 Å². The molecule has 3 heteroatoms. The standard InChI is InChI=1S/C10H13ClO2/c1-7(2)13-9-4-3-8(6-12)10(11)5-9/h3-5,7,12H,6H2,1-2H3. The van der Waals surface area contributed by atoms with Gasteiger partial charge in [0.15, 0.2) is 0 Å². The maximum atomic E-state index is 8.87. The highest BCUT2D eigenvalue weighted by molar-refractivity contribution is 6.31. The molecule has 0 unspecified atom stereocenters. The van der Waals surface area contributed by atoms with E-state index in [1.807, 2.05) is 13.8 Å². The molecule has 0 spiro atoms. The number of benzene rings is 1. The summed E-state index contributed by atoms with van der Waals surface area (Å²) < 4.78 is 5.43. The fraction of sp³-hybridized carbons (Fsp3) is 0.400. The van der Waals surface area contributed by atoms with Crippen LogP contribution >= 0.6 is 11.6 Å². The predicted molar refractivity (Wildman–Crippen MR) is 53.1 cm³/mol. The quantitative estimate of drug-likeness (QED) is 0.813. The van der Waals surface area contributed by atoms with Gasteiger partial charge >= 0.3 is 0 Å². The fourth-order valence-electron chi connectivity index (χ4n) is 1.00. The molecule has 0 aliphatic rings. The third-order valence-electron chi connectivity index (χ3n) is 1.57. The van der Waals surface area contributed by atoms with E-state index in [1.165, 1.54) is 0 Å². The Morgan fingerprint density at radius 2 is 2.15 bits per heavy atom. The molecular weight excluding hydrogens is 188 g/mol. The highest BCUT2D eigenvalue weighted by Crippen LogP contribution is 2.23. The topological polar surface area (TPSA) is 29.5 Å². The highest BCUT2D eigenvalue weighted by Gasteiger charge is 2.02. The van der Waals surface area contributed by atoms with Gasteiger partial charge in [0, 0.05) is 5.02 Å². The van der Waals surface area contributed by atoms with Gasteiger partial charge in [0.05, 0.1) is 12.7 Å². The van der Waals surface area contributed by atoms with Gasteiger partial charge in [-0.2, -0.15) is 0 Å². The zero-order valence-corrected chi connectivity index (χ0v) is 8.51. The van der Waals surface area contributed by atoms with Crippen LogP contribution in [0.3, 0.4) is 0 Å². The van der Waals surface area contributed by atoms with E-state index in [1.54, 1.807) is 18.2 Å². The molecule has 0 heterocycles. The van der Waals surface area contributed by atoms with E-state index in [-0.39, 0.29) is 12.7 Å². The molecule has 1 N–H and O–H groups in total. The third-order valence-corrected chi connectivity index (χ3v) is 1.92. The van der Waals surface area contributed by atoms with Gasteiger partial charge in [0.1, 0.15) is 5.75 Å². The summed E-state index contributed by atoms with van der Waals surface area (Å²) in [7, 11) is 0. The van der Waals surface area contributed by atoms with Crippen molar-refractivity contribution in [3.05, 3.63) is 28.8 Å². The summed E-state index contributed by atoms with van der Waals surface area (Å²) in [5, 5.41) is 9.41. The van der Waals surface area contributed by atoms with Crippen molar-refractivity contribution in [2.75, 3.05) is 0 Å². The molecule has 1 aromatic rings. The van der Waals surface area contributed by atoms with Gasteiger partial charge in [-0.1, -0.05) is 17.7 Å². The van der Waals surface area contributed by atoms with Gasteiger partial charge in [0.2, 0.25) is 0 Å².